The molecule has 0 aliphatic carbocycles. The summed E-state index contributed by atoms with van der Waals surface area (Å²) >= 11 is 0. The second kappa shape index (κ2) is 8.36. The summed E-state index contributed by atoms with van der Waals surface area (Å²) in [5, 5.41) is 15.3. The highest BCUT2D eigenvalue weighted by Gasteiger charge is 2.59. The van der Waals surface area contributed by atoms with Crippen LogP contribution >= 0.6 is 0 Å². The van der Waals surface area contributed by atoms with Gasteiger partial charge in [-0.1, -0.05) is 30.3 Å². The number of carbonyl (C=O) groups is 3. The molecule has 0 aromatic heterocycles. The molecule has 1 saturated heterocycles. The number of ether oxygens (including phenoxy) is 2. The van der Waals surface area contributed by atoms with E-state index < -0.39 is 41.9 Å². The van der Waals surface area contributed by atoms with Gasteiger partial charge >= 0.3 is 12.1 Å². The van der Waals surface area contributed by atoms with Gasteiger partial charge in [-0.25, -0.2) is 9.59 Å². The molecule has 2 rings (SSSR count). The molecule has 3 amide bonds. The smallest absolute Gasteiger partial charge is 0.407 e. The zero-order valence-electron chi connectivity index (χ0n) is 15.8. The maximum absolute atomic E-state index is 12.4. The number of ketones is 1. The first-order valence-electron chi connectivity index (χ1n) is 8.49. The number of nitrogens with one attached hydrogen (secondary N) is 2. The Morgan fingerprint density at radius 2 is 1.89 bits per heavy atom. The summed E-state index contributed by atoms with van der Waals surface area (Å²) in [5.41, 5.74) is -0.852. The van der Waals surface area contributed by atoms with Crippen molar-refractivity contribution in [3.05, 3.63) is 35.9 Å². The summed E-state index contributed by atoms with van der Waals surface area (Å²) in [4.78, 5) is 38.1. The highest BCUT2D eigenvalue weighted by Crippen LogP contribution is 2.31. The van der Waals surface area contributed by atoms with E-state index in [1.54, 1.807) is 12.1 Å². The summed E-state index contributed by atoms with van der Waals surface area (Å²) in [6, 6.07) is 7.28. The number of aliphatic hydroxyl groups excluding tert-OH is 1. The average Bonchev–Trinajstić information content (AvgIpc) is 2.85. The van der Waals surface area contributed by atoms with Gasteiger partial charge in [-0.2, -0.15) is 0 Å². The minimum Gasteiger partial charge on any atom is -0.445 e. The zero-order chi connectivity index (χ0) is 20.2. The number of carbonyl (C=O) groups excluding carboxylic acids is 3. The third kappa shape index (κ3) is 4.37. The minimum absolute atomic E-state index is 0.0169. The van der Waals surface area contributed by atoms with Crippen molar-refractivity contribution in [1.29, 1.82) is 0 Å². The van der Waals surface area contributed by atoms with E-state index in [0.717, 1.165) is 5.56 Å². The van der Waals surface area contributed by atoms with E-state index in [0.29, 0.717) is 0 Å². The lowest BCUT2D eigenvalue weighted by Crippen LogP contribution is -2.70. The van der Waals surface area contributed by atoms with Gasteiger partial charge < -0.3 is 30.1 Å². The number of alkyl carbamates (subject to hydrolysis) is 1. The Balaban J connectivity index is 2.16. The first kappa shape index (κ1) is 20.7. The lowest BCUT2D eigenvalue weighted by molar-refractivity contribution is -0.125. The molecule has 1 heterocycles. The van der Waals surface area contributed by atoms with Crippen LogP contribution in [0, 0.1) is 0 Å². The van der Waals surface area contributed by atoms with Crippen molar-refractivity contribution < 1.29 is 29.0 Å². The summed E-state index contributed by atoms with van der Waals surface area (Å²) in [7, 11) is 3.02. The molecule has 0 spiro atoms. The van der Waals surface area contributed by atoms with Crippen LogP contribution in [0.15, 0.2) is 30.3 Å². The van der Waals surface area contributed by atoms with Crippen LogP contribution in [0.4, 0.5) is 9.59 Å². The normalized spacial score (nSPS) is 26.9. The van der Waals surface area contributed by atoms with E-state index in [1.165, 1.54) is 32.8 Å². The van der Waals surface area contributed by atoms with Crippen molar-refractivity contribution in [3.63, 3.8) is 0 Å². The molecule has 3 N–H and O–H groups in total. The van der Waals surface area contributed by atoms with Crippen molar-refractivity contribution in [1.82, 2.24) is 15.5 Å². The molecule has 1 aromatic carbocycles. The predicted molar refractivity (Wildman–Crippen MR) is 95.7 cm³/mol. The summed E-state index contributed by atoms with van der Waals surface area (Å²) in [5.74, 6) is -0.463. The number of rotatable bonds is 5. The SMILES string of the molecule is CC(=O)[C@]1(NC(=O)N(C)C)[C@H](C)OC(O)[C@H]1NC(=O)OCc1ccccc1. The molecule has 1 unspecified atom stereocenters. The van der Waals surface area contributed by atoms with E-state index in [9.17, 15) is 19.5 Å². The maximum atomic E-state index is 12.4. The number of hydrogen-bond donors (Lipinski definition) is 3. The second-order valence-corrected chi connectivity index (χ2v) is 6.60. The number of Topliss-reactive ketones (excluding diaryl/α,β-unsaturated/α-hetero) is 1. The highest BCUT2D eigenvalue weighted by atomic mass is 16.6. The molecule has 148 valence electrons. The molecule has 0 saturated carbocycles. The van der Waals surface area contributed by atoms with Crippen LogP contribution in [0.25, 0.3) is 0 Å². The third-order valence-corrected chi connectivity index (χ3v) is 4.55. The molecule has 0 bridgehead atoms. The molecule has 4 atom stereocenters. The van der Waals surface area contributed by atoms with E-state index >= 15 is 0 Å². The lowest BCUT2D eigenvalue weighted by atomic mass is 9.83. The van der Waals surface area contributed by atoms with Gasteiger partial charge in [0.1, 0.15) is 12.6 Å². The summed E-state index contributed by atoms with van der Waals surface area (Å²) in [6.45, 7) is 2.82. The molecule has 0 radical (unpaired) electrons. The molecular formula is C18H25N3O6. The molecule has 27 heavy (non-hydrogen) atoms. The van der Waals surface area contributed by atoms with Crippen LogP contribution in [0.2, 0.25) is 0 Å². The first-order chi connectivity index (χ1) is 12.7. The number of benzene rings is 1. The van der Waals surface area contributed by atoms with Gasteiger partial charge in [-0.05, 0) is 19.4 Å². The van der Waals surface area contributed by atoms with Crippen LogP contribution in [-0.2, 0) is 20.9 Å². The molecule has 1 aliphatic heterocycles. The Morgan fingerprint density at radius 1 is 1.26 bits per heavy atom. The molecule has 9 nitrogen and oxygen atoms in total. The molecular weight excluding hydrogens is 354 g/mol. The molecule has 1 fully saturated rings. The fourth-order valence-electron chi connectivity index (χ4n) is 3.01. The number of nitrogens with zero attached hydrogens (tertiary/aromatic N) is 1. The van der Waals surface area contributed by atoms with Crippen LogP contribution in [0.3, 0.4) is 0 Å². The lowest BCUT2D eigenvalue weighted by Gasteiger charge is -2.36. The van der Waals surface area contributed by atoms with Crippen molar-refractivity contribution >= 4 is 17.9 Å². The Bertz CT molecular complexity index is 696. The topological polar surface area (TPSA) is 117 Å². The molecule has 9 heteroatoms. The van der Waals surface area contributed by atoms with E-state index in [4.69, 9.17) is 9.47 Å². The van der Waals surface area contributed by atoms with Crippen molar-refractivity contribution in [2.75, 3.05) is 14.1 Å². The zero-order valence-corrected chi connectivity index (χ0v) is 15.8. The molecule has 1 aliphatic rings. The van der Waals surface area contributed by atoms with Gasteiger partial charge in [0, 0.05) is 14.1 Å². The fourth-order valence-corrected chi connectivity index (χ4v) is 3.01. The van der Waals surface area contributed by atoms with Crippen LogP contribution in [0.5, 0.6) is 0 Å². The summed E-state index contributed by atoms with van der Waals surface area (Å²) in [6.07, 6.45) is -3.20. The number of aliphatic hydroxyl groups is 1. The van der Waals surface area contributed by atoms with Crippen molar-refractivity contribution in [2.45, 2.75) is 44.4 Å². The second-order valence-electron chi connectivity index (χ2n) is 6.60. The van der Waals surface area contributed by atoms with Crippen molar-refractivity contribution in [3.8, 4) is 0 Å². The van der Waals surface area contributed by atoms with Crippen molar-refractivity contribution in [2.24, 2.45) is 0 Å². The fraction of sp³-hybridized carbons (Fsp3) is 0.500. The number of amides is 3. The van der Waals surface area contributed by atoms with Gasteiger partial charge in [0.05, 0.1) is 6.10 Å². The molecule has 1 aromatic rings. The number of urea groups is 1. The van der Waals surface area contributed by atoms with Crippen LogP contribution in [-0.4, -0.2) is 66.0 Å². The third-order valence-electron chi connectivity index (χ3n) is 4.55. The van der Waals surface area contributed by atoms with Gasteiger partial charge in [0.25, 0.3) is 0 Å². The Kier molecular flexibility index (Phi) is 6.40. The van der Waals surface area contributed by atoms with Gasteiger partial charge in [0.15, 0.2) is 17.6 Å². The first-order valence-corrected chi connectivity index (χ1v) is 8.49. The Labute approximate surface area is 157 Å². The largest absolute Gasteiger partial charge is 0.445 e. The average molecular weight is 379 g/mol. The maximum Gasteiger partial charge on any atom is 0.407 e. The quantitative estimate of drug-likeness (QED) is 0.690. The standard InChI is InChI=1S/C18H25N3O6/c1-11(22)18(20-16(24)21(3)4)12(2)27-15(23)14(18)19-17(25)26-10-13-8-6-5-7-9-13/h5-9,12,14-15,23H,10H2,1-4H3,(H,19,25)(H,20,24)/t12-,14+,15?,18-/m0/s1. The van der Waals surface area contributed by atoms with Crippen LogP contribution < -0.4 is 10.6 Å². The monoisotopic (exact) mass is 379 g/mol. The van der Waals surface area contributed by atoms with E-state index in [1.807, 2.05) is 18.2 Å². The minimum atomic E-state index is -1.63. The number of hydrogen-bond acceptors (Lipinski definition) is 6. The summed E-state index contributed by atoms with van der Waals surface area (Å²) < 4.78 is 10.5. The predicted octanol–water partition coefficient (Wildman–Crippen LogP) is 0.618. The van der Waals surface area contributed by atoms with Gasteiger partial charge in [-0.15, -0.1) is 0 Å². The Morgan fingerprint density at radius 3 is 2.44 bits per heavy atom. The van der Waals surface area contributed by atoms with Gasteiger partial charge in [0.2, 0.25) is 0 Å². The van der Waals surface area contributed by atoms with E-state index in [-0.39, 0.29) is 6.61 Å². The van der Waals surface area contributed by atoms with E-state index in [2.05, 4.69) is 10.6 Å². The Hall–Kier alpha value is -2.65. The van der Waals surface area contributed by atoms with Crippen LogP contribution in [0.1, 0.15) is 19.4 Å². The van der Waals surface area contributed by atoms with Gasteiger partial charge in [-0.3, -0.25) is 4.79 Å². The highest BCUT2D eigenvalue weighted by molar-refractivity contribution is 5.93.